The van der Waals surface area contributed by atoms with E-state index in [0.717, 1.165) is 0 Å². The van der Waals surface area contributed by atoms with Gasteiger partial charge in [-0.25, -0.2) is 4.39 Å². The Kier molecular flexibility index (Phi) is 5.94. The highest BCUT2D eigenvalue weighted by Gasteiger charge is 2.08. The minimum Gasteiger partial charge on any atom is -0.491 e. The normalized spacial score (nSPS) is 10.4. The summed E-state index contributed by atoms with van der Waals surface area (Å²) in [4.78, 5) is 12.0. The molecule has 2 rings (SSSR count). The van der Waals surface area contributed by atoms with Gasteiger partial charge in [-0.2, -0.15) is 0 Å². The molecule has 25 heavy (non-hydrogen) atoms. The molecule has 0 aliphatic rings. The molecule has 6 nitrogen and oxygen atoms in total. The van der Waals surface area contributed by atoms with Crippen molar-refractivity contribution in [3.8, 4) is 5.75 Å². The van der Waals surface area contributed by atoms with Crippen molar-refractivity contribution < 1.29 is 13.9 Å². The molecule has 132 valence electrons. The summed E-state index contributed by atoms with van der Waals surface area (Å²) in [5.41, 5.74) is 6.48. The van der Waals surface area contributed by atoms with Crippen LogP contribution in [0.4, 0.5) is 15.8 Å². The summed E-state index contributed by atoms with van der Waals surface area (Å²) < 4.78 is 19.3. The molecule has 0 unspecified atom stereocenters. The van der Waals surface area contributed by atoms with Crippen LogP contribution in [0.2, 0.25) is 0 Å². The number of rotatable bonds is 7. The third-order valence-electron chi connectivity index (χ3n) is 3.23. The molecule has 7 heteroatoms. The molecule has 0 saturated heterocycles. The second-order valence-electron chi connectivity index (χ2n) is 5.70. The lowest BCUT2D eigenvalue weighted by Gasteiger charge is -2.12. The van der Waals surface area contributed by atoms with Gasteiger partial charge in [0.1, 0.15) is 17.4 Å². The summed E-state index contributed by atoms with van der Waals surface area (Å²) in [6.45, 7) is 3.74. The molecule has 0 aliphatic carbocycles. The van der Waals surface area contributed by atoms with Gasteiger partial charge in [-0.15, -0.1) is 0 Å². The molecular formula is C18H21FN4O2. The summed E-state index contributed by atoms with van der Waals surface area (Å²) >= 11 is 0. The predicted octanol–water partition coefficient (Wildman–Crippen LogP) is 2.95. The fraction of sp³-hybridized carbons (Fsp3) is 0.222. The molecule has 2 aromatic carbocycles. The molecule has 0 aliphatic heterocycles. The SMILES string of the molecule is CC(C)Oc1ccc(NC(=O)CNc2cc(C(=N)N)ccc2F)cc1. The average Bonchev–Trinajstić information content (AvgIpc) is 2.55. The van der Waals surface area contributed by atoms with E-state index in [9.17, 15) is 9.18 Å². The topological polar surface area (TPSA) is 100 Å². The van der Waals surface area contributed by atoms with Crippen LogP contribution in [0.1, 0.15) is 19.4 Å². The van der Waals surface area contributed by atoms with Gasteiger partial charge in [0.15, 0.2) is 0 Å². The van der Waals surface area contributed by atoms with E-state index in [2.05, 4.69) is 10.6 Å². The van der Waals surface area contributed by atoms with Crippen LogP contribution in [0.25, 0.3) is 0 Å². The number of amides is 1. The van der Waals surface area contributed by atoms with Crippen LogP contribution < -0.4 is 21.1 Å². The van der Waals surface area contributed by atoms with Crippen molar-refractivity contribution in [2.24, 2.45) is 5.73 Å². The molecule has 0 atom stereocenters. The highest BCUT2D eigenvalue weighted by molar-refractivity contribution is 5.96. The maximum atomic E-state index is 13.7. The minimum absolute atomic E-state index is 0.0744. The van der Waals surface area contributed by atoms with E-state index >= 15 is 0 Å². The van der Waals surface area contributed by atoms with Crippen molar-refractivity contribution in [3.63, 3.8) is 0 Å². The number of hydrogen-bond donors (Lipinski definition) is 4. The van der Waals surface area contributed by atoms with Crippen molar-refractivity contribution >= 4 is 23.1 Å². The number of halogens is 1. The maximum Gasteiger partial charge on any atom is 0.243 e. The highest BCUT2D eigenvalue weighted by Crippen LogP contribution is 2.18. The van der Waals surface area contributed by atoms with Gasteiger partial charge in [0.25, 0.3) is 0 Å². The zero-order chi connectivity index (χ0) is 18.4. The predicted molar refractivity (Wildman–Crippen MR) is 96.7 cm³/mol. The summed E-state index contributed by atoms with van der Waals surface area (Å²) in [5.74, 6) is -0.302. The van der Waals surface area contributed by atoms with Crippen molar-refractivity contribution in [2.45, 2.75) is 20.0 Å². The van der Waals surface area contributed by atoms with Crippen molar-refractivity contribution in [1.82, 2.24) is 0 Å². The van der Waals surface area contributed by atoms with Gasteiger partial charge in [0, 0.05) is 11.3 Å². The monoisotopic (exact) mass is 344 g/mol. The Morgan fingerprint density at radius 2 is 1.92 bits per heavy atom. The Labute approximate surface area is 145 Å². The summed E-state index contributed by atoms with van der Waals surface area (Å²) in [5, 5.41) is 12.8. The Hall–Kier alpha value is -3.09. The number of amidine groups is 1. The van der Waals surface area contributed by atoms with E-state index in [1.165, 1.54) is 18.2 Å². The molecule has 2 aromatic rings. The molecule has 1 amide bonds. The van der Waals surface area contributed by atoms with Crippen molar-refractivity contribution in [1.29, 1.82) is 5.41 Å². The van der Waals surface area contributed by atoms with Gasteiger partial charge in [-0.05, 0) is 56.3 Å². The number of hydrogen-bond acceptors (Lipinski definition) is 4. The van der Waals surface area contributed by atoms with Gasteiger partial charge in [0.05, 0.1) is 18.3 Å². The Balaban J connectivity index is 1.92. The van der Waals surface area contributed by atoms with Crippen LogP contribution in [0, 0.1) is 11.2 Å². The first kappa shape index (κ1) is 18.3. The van der Waals surface area contributed by atoms with Crippen molar-refractivity contribution in [2.75, 3.05) is 17.2 Å². The molecule has 0 aromatic heterocycles. The molecule has 0 saturated carbocycles. The van der Waals surface area contributed by atoms with Crippen LogP contribution >= 0.6 is 0 Å². The zero-order valence-corrected chi connectivity index (χ0v) is 14.1. The lowest BCUT2D eigenvalue weighted by molar-refractivity contribution is -0.114. The van der Waals surface area contributed by atoms with E-state index < -0.39 is 5.82 Å². The molecule has 0 spiro atoms. The molecule has 0 heterocycles. The minimum atomic E-state index is -0.520. The number of anilines is 2. The molecule has 0 bridgehead atoms. The number of nitrogen functional groups attached to an aromatic ring is 1. The van der Waals surface area contributed by atoms with E-state index in [1.54, 1.807) is 24.3 Å². The highest BCUT2D eigenvalue weighted by atomic mass is 19.1. The van der Waals surface area contributed by atoms with Crippen LogP contribution in [0.5, 0.6) is 5.75 Å². The zero-order valence-electron chi connectivity index (χ0n) is 14.1. The largest absolute Gasteiger partial charge is 0.491 e. The molecule has 5 N–H and O–H groups in total. The smallest absolute Gasteiger partial charge is 0.243 e. The van der Waals surface area contributed by atoms with E-state index in [-0.39, 0.29) is 30.1 Å². The average molecular weight is 344 g/mol. The first-order valence-electron chi connectivity index (χ1n) is 7.79. The summed E-state index contributed by atoms with van der Waals surface area (Å²) in [6, 6.07) is 11.0. The van der Waals surface area contributed by atoms with Crippen LogP contribution in [-0.2, 0) is 4.79 Å². The first-order chi connectivity index (χ1) is 11.8. The van der Waals surface area contributed by atoms with Crippen LogP contribution in [0.15, 0.2) is 42.5 Å². The van der Waals surface area contributed by atoms with E-state index in [0.29, 0.717) is 17.0 Å². The second-order valence-corrected chi connectivity index (χ2v) is 5.70. The fourth-order valence-corrected chi connectivity index (χ4v) is 2.10. The number of carbonyl (C=O) groups excluding carboxylic acids is 1. The van der Waals surface area contributed by atoms with Crippen LogP contribution in [-0.4, -0.2) is 24.4 Å². The van der Waals surface area contributed by atoms with Gasteiger partial charge in [0.2, 0.25) is 5.91 Å². The third-order valence-corrected chi connectivity index (χ3v) is 3.23. The Bertz CT molecular complexity index is 760. The maximum absolute atomic E-state index is 13.7. The van der Waals surface area contributed by atoms with Gasteiger partial charge < -0.3 is 21.1 Å². The Morgan fingerprint density at radius 1 is 1.24 bits per heavy atom. The van der Waals surface area contributed by atoms with Gasteiger partial charge >= 0.3 is 0 Å². The Morgan fingerprint density at radius 3 is 2.52 bits per heavy atom. The summed E-state index contributed by atoms with van der Waals surface area (Å²) in [7, 11) is 0. The van der Waals surface area contributed by atoms with Gasteiger partial charge in [-0.3, -0.25) is 10.2 Å². The molecule has 0 radical (unpaired) electrons. The number of benzene rings is 2. The molecular weight excluding hydrogens is 323 g/mol. The first-order valence-corrected chi connectivity index (χ1v) is 7.79. The summed E-state index contributed by atoms with van der Waals surface area (Å²) in [6.07, 6.45) is 0.0744. The number of nitrogens with one attached hydrogen (secondary N) is 3. The number of nitrogens with two attached hydrogens (primary N) is 1. The fourth-order valence-electron chi connectivity index (χ4n) is 2.10. The van der Waals surface area contributed by atoms with E-state index in [4.69, 9.17) is 15.9 Å². The second kappa shape index (κ2) is 8.14. The third kappa shape index (κ3) is 5.49. The van der Waals surface area contributed by atoms with Crippen molar-refractivity contribution in [3.05, 3.63) is 53.8 Å². The van der Waals surface area contributed by atoms with Gasteiger partial charge in [-0.1, -0.05) is 0 Å². The standard InChI is InChI=1S/C18H21FN4O2/c1-11(2)25-14-6-4-13(5-7-14)23-17(24)10-22-16-9-12(18(20)21)3-8-15(16)19/h3-9,11,22H,10H2,1-2H3,(H3,20,21)(H,23,24). The number of ether oxygens (including phenoxy) is 1. The lowest BCUT2D eigenvalue weighted by atomic mass is 10.2. The van der Waals surface area contributed by atoms with E-state index in [1.807, 2.05) is 13.8 Å². The molecule has 0 fully saturated rings. The quantitative estimate of drug-likeness (QED) is 0.458. The van der Waals surface area contributed by atoms with Crippen LogP contribution in [0.3, 0.4) is 0 Å². The number of carbonyl (C=O) groups is 1. The lowest BCUT2D eigenvalue weighted by Crippen LogP contribution is -2.22.